The second-order valence-electron chi connectivity index (χ2n) is 8.26. The number of benzene rings is 1. The van der Waals surface area contributed by atoms with Crippen molar-refractivity contribution in [1.29, 1.82) is 0 Å². The Morgan fingerprint density at radius 1 is 1.12 bits per heavy atom. The summed E-state index contributed by atoms with van der Waals surface area (Å²) in [6.07, 6.45) is 1.82. The second-order valence-corrected chi connectivity index (χ2v) is 8.26. The van der Waals surface area contributed by atoms with Crippen LogP contribution in [0.25, 0.3) is 0 Å². The zero-order valence-electron chi connectivity index (χ0n) is 18.5. The highest BCUT2D eigenvalue weighted by Gasteiger charge is 2.24. The molecule has 9 heteroatoms. The summed E-state index contributed by atoms with van der Waals surface area (Å²) in [7, 11) is 0. The van der Waals surface area contributed by atoms with Crippen molar-refractivity contribution < 1.29 is 18.7 Å². The van der Waals surface area contributed by atoms with Crippen LogP contribution < -0.4 is 20.4 Å². The van der Waals surface area contributed by atoms with Crippen molar-refractivity contribution in [3.63, 3.8) is 0 Å². The molecule has 1 aromatic heterocycles. The van der Waals surface area contributed by atoms with Gasteiger partial charge < -0.3 is 29.9 Å². The number of carbonyl (C=O) groups is 1. The van der Waals surface area contributed by atoms with Crippen LogP contribution in [-0.2, 0) is 16.0 Å². The zero-order chi connectivity index (χ0) is 22.5. The smallest absolute Gasteiger partial charge is 0.319 e. The Balaban J connectivity index is 1.32. The molecule has 8 nitrogen and oxygen atoms in total. The van der Waals surface area contributed by atoms with Gasteiger partial charge in [0.15, 0.2) is 0 Å². The first-order valence-electron chi connectivity index (χ1n) is 11.0. The third-order valence-corrected chi connectivity index (χ3v) is 5.56. The molecule has 2 saturated heterocycles. The van der Waals surface area contributed by atoms with Crippen LogP contribution in [-0.4, -0.2) is 62.6 Å². The van der Waals surface area contributed by atoms with Crippen LogP contribution in [0.15, 0.2) is 36.5 Å². The van der Waals surface area contributed by atoms with Gasteiger partial charge in [-0.25, -0.2) is 14.2 Å². The van der Waals surface area contributed by atoms with Gasteiger partial charge in [-0.1, -0.05) is 0 Å². The van der Waals surface area contributed by atoms with E-state index in [9.17, 15) is 9.18 Å². The van der Waals surface area contributed by atoms with E-state index in [-0.39, 0.29) is 18.0 Å². The highest BCUT2D eigenvalue weighted by atomic mass is 19.1. The van der Waals surface area contributed by atoms with Crippen molar-refractivity contribution in [2.75, 3.05) is 54.5 Å². The Morgan fingerprint density at radius 2 is 1.88 bits per heavy atom. The first-order chi connectivity index (χ1) is 15.5. The number of halogens is 1. The van der Waals surface area contributed by atoms with Crippen molar-refractivity contribution >= 4 is 23.2 Å². The lowest BCUT2D eigenvalue weighted by Crippen LogP contribution is -2.45. The number of pyridine rings is 1. The van der Waals surface area contributed by atoms with Crippen LogP contribution >= 0.6 is 0 Å². The van der Waals surface area contributed by atoms with Crippen molar-refractivity contribution in [2.24, 2.45) is 0 Å². The highest BCUT2D eigenvalue weighted by Crippen LogP contribution is 2.26. The van der Waals surface area contributed by atoms with Gasteiger partial charge >= 0.3 is 6.03 Å². The van der Waals surface area contributed by atoms with E-state index in [1.54, 1.807) is 18.3 Å². The Kier molecular flexibility index (Phi) is 7.06. The van der Waals surface area contributed by atoms with Crippen LogP contribution in [0.1, 0.15) is 19.4 Å². The molecule has 0 spiro atoms. The Hall–Kier alpha value is -2.91. The lowest BCUT2D eigenvalue weighted by atomic mass is 10.2. The van der Waals surface area contributed by atoms with Crippen molar-refractivity contribution in [3.05, 3.63) is 47.9 Å². The van der Waals surface area contributed by atoms with Gasteiger partial charge in [0, 0.05) is 44.6 Å². The van der Waals surface area contributed by atoms with Gasteiger partial charge in [0.1, 0.15) is 11.6 Å². The van der Waals surface area contributed by atoms with E-state index in [4.69, 9.17) is 9.47 Å². The molecule has 0 radical (unpaired) electrons. The largest absolute Gasteiger partial charge is 0.378 e. The average molecular weight is 444 g/mol. The minimum absolute atomic E-state index is 0.0404. The van der Waals surface area contributed by atoms with E-state index in [0.717, 1.165) is 24.5 Å². The molecule has 0 bridgehead atoms. The number of hydrogen-bond acceptors (Lipinski definition) is 6. The quantitative estimate of drug-likeness (QED) is 0.740. The van der Waals surface area contributed by atoms with Crippen LogP contribution in [0.5, 0.6) is 0 Å². The van der Waals surface area contributed by atoms with Gasteiger partial charge in [-0.3, -0.25) is 0 Å². The molecule has 2 aliphatic heterocycles. The molecule has 172 valence electrons. The first kappa shape index (κ1) is 22.3. The number of nitrogens with zero attached hydrogens (tertiary/aromatic N) is 3. The average Bonchev–Trinajstić information content (AvgIpc) is 2.78. The number of carbonyl (C=O) groups excluding carboxylic acids is 1. The summed E-state index contributed by atoms with van der Waals surface area (Å²) in [6.45, 7) is 8.54. The molecular formula is C23H30FN5O3. The van der Waals surface area contributed by atoms with Crippen molar-refractivity contribution in [3.8, 4) is 0 Å². The number of aromatic nitrogens is 1. The maximum absolute atomic E-state index is 14.7. The van der Waals surface area contributed by atoms with Gasteiger partial charge in [-0.2, -0.15) is 0 Å². The third-order valence-electron chi connectivity index (χ3n) is 5.56. The summed E-state index contributed by atoms with van der Waals surface area (Å²) in [4.78, 5) is 20.9. The summed E-state index contributed by atoms with van der Waals surface area (Å²) in [5, 5.41) is 5.52. The Bertz CT molecular complexity index is 928. The SMILES string of the molecule is CC1CN(c2ccc(NC(=O)NCc3ccnc(N4CCOCC4)c3)cc2F)CC(C)O1. The molecule has 32 heavy (non-hydrogen) atoms. The fourth-order valence-electron chi connectivity index (χ4n) is 4.11. The van der Waals surface area contributed by atoms with Gasteiger partial charge in [0.25, 0.3) is 0 Å². The van der Waals surface area contributed by atoms with E-state index in [0.29, 0.717) is 44.2 Å². The third kappa shape index (κ3) is 5.66. The Morgan fingerprint density at radius 3 is 2.59 bits per heavy atom. The number of urea groups is 1. The summed E-state index contributed by atoms with van der Waals surface area (Å²) in [5.74, 6) is 0.505. The molecular weight excluding hydrogens is 413 g/mol. The van der Waals surface area contributed by atoms with E-state index in [1.165, 1.54) is 6.07 Å². The van der Waals surface area contributed by atoms with Crippen molar-refractivity contribution in [2.45, 2.75) is 32.6 Å². The minimum Gasteiger partial charge on any atom is -0.378 e. The molecule has 1 aromatic carbocycles. The molecule has 2 aliphatic rings. The van der Waals surface area contributed by atoms with Crippen LogP contribution in [0.2, 0.25) is 0 Å². The van der Waals surface area contributed by atoms with Crippen molar-refractivity contribution in [1.82, 2.24) is 10.3 Å². The lowest BCUT2D eigenvalue weighted by Gasteiger charge is -2.37. The number of hydrogen-bond donors (Lipinski definition) is 2. The number of ether oxygens (including phenoxy) is 2. The second kappa shape index (κ2) is 10.1. The van der Waals surface area contributed by atoms with E-state index in [1.807, 2.05) is 30.9 Å². The van der Waals surface area contributed by atoms with E-state index in [2.05, 4.69) is 20.5 Å². The molecule has 4 rings (SSSR count). The fraction of sp³-hybridized carbons (Fsp3) is 0.478. The van der Waals surface area contributed by atoms with Crippen LogP contribution in [0.3, 0.4) is 0 Å². The molecule has 2 atom stereocenters. The number of rotatable bonds is 5. The standard InChI is InChI=1S/C23H30FN5O3/c1-16-14-29(15-17(2)32-16)21-4-3-19(12-20(21)24)27-23(30)26-13-18-5-6-25-22(11-18)28-7-9-31-10-8-28/h3-6,11-12,16-17H,7-10,13-15H2,1-2H3,(H2,26,27,30). The summed E-state index contributed by atoms with van der Waals surface area (Å²) in [6, 6.07) is 8.20. The topological polar surface area (TPSA) is 79.0 Å². The normalized spacial score (nSPS) is 21.3. The van der Waals surface area contributed by atoms with Crippen LogP contribution in [0, 0.1) is 5.82 Å². The van der Waals surface area contributed by atoms with E-state index >= 15 is 0 Å². The number of anilines is 3. The van der Waals surface area contributed by atoms with Gasteiger partial charge in [-0.05, 0) is 49.7 Å². The van der Waals surface area contributed by atoms with Gasteiger partial charge in [0.2, 0.25) is 0 Å². The minimum atomic E-state index is -0.393. The molecule has 2 unspecified atom stereocenters. The maximum Gasteiger partial charge on any atom is 0.319 e. The Labute approximate surface area is 187 Å². The molecule has 3 heterocycles. The molecule has 2 amide bonds. The molecule has 2 aromatic rings. The summed E-state index contributed by atoms with van der Waals surface area (Å²) >= 11 is 0. The van der Waals surface area contributed by atoms with Gasteiger partial charge in [0.05, 0.1) is 31.1 Å². The van der Waals surface area contributed by atoms with Crippen LogP contribution in [0.4, 0.5) is 26.4 Å². The zero-order valence-corrected chi connectivity index (χ0v) is 18.5. The predicted octanol–water partition coefficient (Wildman–Crippen LogP) is 2.99. The number of morpholine rings is 2. The summed E-state index contributed by atoms with van der Waals surface area (Å²) < 4.78 is 25.8. The highest BCUT2D eigenvalue weighted by molar-refractivity contribution is 5.89. The van der Waals surface area contributed by atoms with Gasteiger partial charge in [-0.15, -0.1) is 0 Å². The fourth-order valence-corrected chi connectivity index (χ4v) is 4.11. The first-order valence-corrected chi connectivity index (χ1v) is 11.0. The predicted molar refractivity (Wildman–Crippen MR) is 122 cm³/mol. The molecule has 2 fully saturated rings. The molecule has 0 aliphatic carbocycles. The maximum atomic E-state index is 14.7. The molecule has 0 saturated carbocycles. The number of amides is 2. The molecule has 2 N–H and O–H groups in total. The lowest BCUT2D eigenvalue weighted by molar-refractivity contribution is -0.00539. The monoisotopic (exact) mass is 443 g/mol. The summed E-state index contributed by atoms with van der Waals surface area (Å²) in [5.41, 5.74) is 1.86. The van der Waals surface area contributed by atoms with E-state index < -0.39 is 6.03 Å². The number of nitrogens with one attached hydrogen (secondary N) is 2.